The molecule has 1 saturated heterocycles. The van der Waals surface area contributed by atoms with Gasteiger partial charge in [0, 0.05) is 24.5 Å². The zero-order valence-corrected chi connectivity index (χ0v) is 23.4. The average molecular weight is 575 g/mol. The molecule has 0 spiro atoms. The lowest BCUT2D eigenvalue weighted by atomic mass is 9.79. The van der Waals surface area contributed by atoms with Gasteiger partial charge < -0.3 is 14.7 Å². The van der Waals surface area contributed by atoms with E-state index in [0.717, 1.165) is 50.3 Å². The summed E-state index contributed by atoms with van der Waals surface area (Å²) in [6.07, 6.45) is 0.834. The molecule has 0 saturated carbocycles. The summed E-state index contributed by atoms with van der Waals surface area (Å²) < 4.78 is 59.8. The second kappa shape index (κ2) is 14.1. The summed E-state index contributed by atoms with van der Waals surface area (Å²) in [7, 11) is 1.57. The first-order valence-electron chi connectivity index (χ1n) is 14.3. The molecule has 2 heterocycles. The molecule has 2 aromatic carbocycles. The normalized spacial score (nSPS) is 18.9. The Morgan fingerprint density at radius 1 is 1.12 bits per heavy atom. The summed E-state index contributed by atoms with van der Waals surface area (Å²) in [5, 5.41) is 10.0. The van der Waals surface area contributed by atoms with Crippen molar-refractivity contribution < 1.29 is 32.2 Å². The zero-order chi connectivity index (χ0) is 29.4. The van der Waals surface area contributed by atoms with E-state index < -0.39 is 23.9 Å². The molecule has 3 atom stereocenters. The predicted octanol–water partition coefficient (Wildman–Crippen LogP) is 7.88. The first kappa shape index (κ1) is 30.8. The van der Waals surface area contributed by atoms with Crippen LogP contribution in [0.5, 0.6) is 5.75 Å². The molecule has 0 amide bonds. The molecule has 1 N–H and O–H groups in total. The van der Waals surface area contributed by atoms with E-state index in [1.54, 1.807) is 31.5 Å². The Bertz CT molecular complexity index is 1300. The number of hydrogen-bond acceptors (Lipinski definition) is 4. The number of benzene rings is 2. The lowest BCUT2D eigenvalue weighted by molar-refractivity contribution is -0.138. The number of hydrogen-bond donors (Lipinski definition) is 1. The maximum Gasteiger partial charge on any atom is 0.416 e. The molecule has 41 heavy (non-hydrogen) atoms. The van der Waals surface area contributed by atoms with Crippen molar-refractivity contribution in [3.05, 3.63) is 71.4 Å². The highest BCUT2D eigenvalue weighted by Gasteiger charge is 2.31. The van der Waals surface area contributed by atoms with Gasteiger partial charge in [0.1, 0.15) is 11.9 Å². The van der Waals surface area contributed by atoms with Crippen LogP contribution in [0.3, 0.4) is 0 Å². The van der Waals surface area contributed by atoms with Crippen LogP contribution in [0.4, 0.5) is 17.6 Å². The van der Waals surface area contributed by atoms with Gasteiger partial charge >= 0.3 is 12.1 Å². The molecule has 5 nitrogen and oxygen atoms in total. The number of aromatic nitrogens is 1. The van der Waals surface area contributed by atoms with Crippen LogP contribution in [-0.2, 0) is 17.4 Å². The van der Waals surface area contributed by atoms with E-state index in [-0.39, 0.29) is 18.3 Å². The SMILES string of the molecule is COc1ccc2nccc([C@@H](F)CCC3CCN(CCCCc4cccc(C(F)(F)F)c4)CC3CCC(=O)O)c2c1. The number of halogens is 4. The van der Waals surface area contributed by atoms with Gasteiger partial charge in [0.2, 0.25) is 0 Å². The number of likely N-dealkylation sites (tertiary alicyclic amines) is 1. The van der Waals surface area contributed by atoms with Gasteiger partial charge in [-0.2, -0.15) is 13.2 Å². The van der Waals surface area contributed by atoms with Gasteiger partial charge in [-0.3, -0.25) is 9.78 Å². The number of alkyl halides is 4. The van der Waals surface area contributed by atoms with Gasteiger partial charge in [-0.1, -0.05) is 18.2 Å². The number of aliphatic carboxylic acids is 1. The lowest BCUT2D eigenvalue weighted by Crippen LogP contribution is -2.41. The molecule has 3 aromatic rings. The van der Waals surface area contributed by atoms with Crippen LogP contribution in [0.15, 0.2) is 54.7 Å². The number of aryl methyl sites for hydroxylation is 1. The number of fused-ring (bicyclic) bond motifs is 1. The fraction of sp³-hybridized carbons (Fsp3) is 0.500. The molecular weight excluding hydrogens is 536 g/mol. The highest BCUT2D eigenvalue weighted by molar-refractivity contribution is 5.83. The van der Waals surface area contributed by atoms with E-state index in [2.05, 4.69) is 9.88 Å². The first-order valence-corrected chi connectivity index (χ1v) is 14.3. The summed E-state index contributed by atoms with van der Waals surface area (Å²) in [6.45, 7) is 2.42. The number of carboxylic acid groups (broad SMARTS) is 1. The molecule has 0 radical (unpaired) electrons. The Morgan fingerprint density at radius 3 is 2.71 bits per heavy atom. The number of ether oxygens (including phenoxy) is 1. The van der Waals surface area contributed by atoms with Crippen LogP contribution in [0.1, 0.15) is 67.8 Å². The smallest absolute Gasteiger partial charge is 0.416 e. The van der Waals surface area contributed by atoms with Gasteiger partial charge in [0.25, 0.3) is 0 Å². The number of piperidine rings is 1. The van der Waals surface area contributed by atoms with Crippen LogP contribution < -0.4 is 4.74 Å². The predicted molar refractivity (Wildman–Crippen MR) is 151 cm³/mol. The van der Waals surface area contributed by atoms with Crippen LogP contribution in [0, 0.1) is 11.8 Å². The number of methoxy groups -OCH3 is 1. The monoisotopic (exact) mass is 574 g/mol. The highest BCUT2D eigenvalue weighted by Crippen LogP contribution is 2.37. The standard InChI is InChI=1S/C32H38F4N2O3/c1-41-26-10-12-30-28(20-26)27(14-16-37-30)29(33)11-8-23-15-18-38(21-24(23)9-13-31(39)40)17-3-2-5-22-6-4-7-25(19-22)32(34,35)36/h4,6-7,10,12,14,16,19-20,23-24,29H,2-3,5,8-9,11,13,15,17-18,21H2,1H3,(H,39,40)/t23?,24?,29-/m0/s1. The minimum atomic E-state index is -4.34. The van der Waals surface area contributed by atoms with Crippen LogP contribution >= 0.6 is 0 Å². The lowest BCUT2D eigenvalue weighted by Gasteiger charge is -2.39. The summed E-state index contributed by atoms with van der Waals surface area (Å²) in [4.78, 5) is 18.0. The van der Waals surface area contributed by atoms with Crippen LogP contribution in [0.2, 0.25) is 0 Å². The molecule has 0 aliphatic carbocycles. The number of nitrogens with zero attached hydrogens (tertiary/aromatic N) is 2. The molecular formula is C32H38F4N2O3. The van der Waals surface area contributed by atoms with Crippen molar-refractivity contribution in [2.24, 2.45) is 11.8 Å². The van der Waals surface area contributed by atoms with E-state index >= 15 is 4.39 Å². The van der Waals surface area contributed by atoms with Crippen LogP contribution in [0.25, 0.3) is 10.9 Å². The average Bonchev–Trinajstić information content (AvgIpc) is 2.96. The minimum Gasteiger partial charge on any atom is -0.497 e. The van der Waals surface area contributed by atoms with Crippen molar-refractivity contribution >= 4 is 16.9 Å². The summed E-state index contributed by atoms with van der Waals surface area (Å²) >= 11 is 0. The number of pyridine rings is 1. The highest BCUT2D eigenvalue weighted by atomic mass is 19.4. The zero-order valence-electron chi connectivity index (χ0n) is 23.4. The molecule has 1 aliphatic rings. The van der Waals surface area contributed by atoms with Crippen molar-refractivity contribution in [3.8, 4) is 5.75 Å². The molecule has 1 fully saturated rings. The number of rotatable bonds is 13. The maximum atomic E-state index is 15.6. The van der Waals surface area contributed by atoms with E-state index in [4.69, 9.17) is 4.74 Å². The fourth-order valence-electron chi connectivity index (χ4n) is 6.01. The van der Waals surface area contributed by atoms with Gasteiger partial charge in [-0.25, -0.2) is 4.39 Å². The fourth-order valence-corrected chi connectivity index (χ4v) is 6.01. The summed E-state index contributed by atoms with van der Waals surface area (Å²) in [5.74, 6) is 0.207. The summed E-state index contributed by atoms with van der Waals surface area (Å²) in [6, 6.07) is 12.6. The third kappa shape index (κ3) is 8.64. The second-order valence-corrected chi connectivity index (χ2v) is 11.0. The van der Waals surface area contributed by atoms with E-state index in [0.29, 0.717) is 48.1 Å². The van der Waals surface area contributed by atoms with Crippen molar-refractivity contribution in [2.45, 2.75) is 63.7 Å². The minimum absolute atomic E-state index is 0.0817. The largest absolute Gasteiger partial charge is 0.497 e. The van der Waals surface area contributed by atoms with Gasteiger partial charge in [0.15, 0.2) is 0 Å². The Morgan fingerprint density at radius 2 is 1.95 bits per heavy atom. The molecule has 1 aromatic heterocycles. The van der Waals surface area contributed by atoms with E-state index in [9.17, 15) is 23.1 Å². The van der Waals surface area contributed by atoms with Gasteiger partial charge in [0.05, 0.1) is 18.2 Å². The quantitative estimate of drug-likeness (QED) is 0.166. The Labute approximate surface area is 238 Å². The Hall–Kier alpha value is -3.20. The molecule has 4 rings (SSSR count). The van der Waals surface area contributed by atoms with Crippen molar-refractivity contribution in [1.29, 1.82) is 0 Å². The third-order valence-electron chi connectivity index (χ3n) is 8.26. The second-order valence-electron chi connectivity index (χ2n) is 11.0. The van der Waals surface area contributed by atoms with E-state index in [1.165, 1.54) is 12.1 Å². The van der Waals surface area contributed by atoms with Crippen molar-refractivity contribution in [2.75, 3.05) is 26.7 Å². The van der Waals surface area contributed by atoms with E-state index in [1.807, 2.05) is 12.1 Å². The Balaban J connectivity index is 1.31. The van der Waals surface area contributed by atoms with Gasteiger partial charge in [-0.15, -0.1) is 0 Å². The van der Waals surface area contributed by atoms with Crippen molar-refractivity contribution in [1.82, 2.24) is 9.88 Å². The molecule has 0 bridgehead atoms. The molecule has 222 valence electrons. The van der Waals surface area contributed by atoms with Gasteiger partial charge in [-0.05, 0) is 111 Å². The number of carbonyl (C=O) groups is 1. The van der Waals surface area contributed by atoms with Crippen LogP contribution in [-0.4, -0.2) is 47.7 Å². The summed E-state index contributed by atoms with van der Waals surface area (Å²) in [5.41, 5.74) is 1.37. The number of carboxylic acids is 1. The number of unbranched alkanes of at least 4 members (excludes halogenated alkanes) is 1. The molecule has 9 heteroatoms. The topological polar surface area (TPSA) is 62.7 Å². The molecule has 2 unspecified atom stereocenters. The Kier molecular flexibility index (Phi) is 10.6. The molecule has 1 aliphatic heterocycles. The van der Waals surface area contributed by atoms with Crippen molar-refractivity contribution in [3.63, 3.8) is 0 Å². The third-order valence-corrected chi connectivity index (χ3v) is 8.26. The maximum absolute atomic E-state index is 15.6. The first-order chi connectivity index (χ1) is 19.6.